The highest BCUT2D eigenvalue weighted by atomic mass is 32.1. The number of nitrogens with one attached hydrogen (secondary N) is 1. The Balaban J connectivity index is 2.24. The maximum Gasteiger partial charge on any atom is 0.410 e. The average Bonchev–Trinajstić information content (AvgIpc) is 2.67. The third-order valence-electron chi connectivity index (χ3n) is 1.65. The van der Waals surface area contributed by atoms with Gasteiger partial charge in [0.15, 0.2) is 5.13 Å². The second-order valence-corrected chi connectivity index (χ2v) is 3.54. The molecule has 76 valence electrons. The summed E-state index contributed by atoms with van der Waals surface area (Å²) in [6.07, 6.45) is 0.552. The molecule has 0 atom stereocenters. The number of hydrogen-bond donors (Lipinski definition) is 2. The quantitative estimate of drug-likeness (QED) is 0.815. The number of amides is 1. The van der Waals surface area contributed by atoms with Gasteiger partial charge in [-0.05, 0) is 12.1 Å². The van der Waals surface area contributed by atoms with Crippen LogP contribution in [0, 0.1) is 0 Å². The van der Waals surface area contributed by atoms with Crippen molar-refractivity contribution in [2.45, 2.75) is 0 Å². The van der Waals surface area contributed by atoms with Crippen molar-refractivity contribution in [1.82, 2.24) is 9.97 Å². The van der Waals surface area contributed by atoms with Gasteiger partial charge in [0.25, 0.3) is 0 Å². The summed E-state index contributed by atoms with van der Waals surface area (Å²) in [6.45, 7) is 0. The zero-order valence-corrected chi connectivity index (χ0v) is 8.36. The maximum atomic E-state index is 10.4. The van der Waals surface area contributed by atoms with Crippen LogP contribution in [-0.4, -0.2) is 21.2 Å². The molecule has 2 rings (SSSR count). The largest absolute Gasteiger partial charge is 0.465 e. The second kappa shape index (κ2) is 4.05. The van der Waals surface area contributed by atoms with E-state index in [0.717, 1.165) is 5.69 Å². The molecule has 0 aliphatic rings. The fourth-order valence-corrected chi connectivity index (χ4v) is 1.75. The Morgan fingerprint density at radius 2 is 2.27 bits per heavy atom. The van der Waals surface area contributed by atoms with Crippen molar-refractivity contribution in [3.05, 3.63) is 29.8 Å². The normalized spacial score (nSPS) is 9.87. The molecular formula is C9H7N3O2S. The van der Waals surface area contributed by atoms with Gasteiger partial charge >= 0.3 is 6.09 Å². The zero-order valence-electron chi connectivity index (χ0n) is 7.54. The fraction of sp³-hybridized carbons (Fsp3) is 0. The number of carbonyl (C=O) groups is 1. The SMILES string of the molecule is O=C(O)Nc1nc(-c2ccccn2)cs1. The number of carboxylic acid groups (broad SMARTS) is 1. The summed E-state index contributed by atoms with van der Waals surface area (Å²) in [6, 6.07) is 5.48. The lowest BCUT2D eigenvalue weighted by molar-refractivity contribution is 0.209. The van der Waals surface area contributed by atoms with Crippen molar-refractivity contribution in [3.8, 4) is 11.4 Å². The Morgan fingerprint density at radius 1 is 1.40 bits per heavy atom. The second-order valence-electron chi connectivity index (χ2n) is 2.68. The van der Waals surface area contributed by atoms with E-state index in [1.165, 1.54) is 11.3 Å². The summed E-state index contributed by atoms with van der Waals surface area (Å²) in [5, 5.41) is 12.8. The third kappa shape index (κ3) is 2.29. The maximum absolute atomic E-state index is 10.4. The van der Waals surface area contributed by atoms with Crippen LogP contribution in [0.25, 0.3) is 11.4 Å². The summed E-state index contributed by atoms with van der Waals surface area (Å²) < 4.78 is 0. The van der Waals surface area contributed by atoms with Crippen LogP contribution < -0.4 is 5.32 Å². The van der Waals surface area contributed by atoms with Gasteiger partial charge in [-0.15, -0.1) is 11.3 Å². The van der Waals surface area contributed by atoms with E-state index < -0.39 is 6.09 Å². The zero-order chi connectivity index (χ0) is 10.7. The molecule has 0 aliphatic carbocycles. The third-order valence-corrected chi connectivity index (χ3v) is 2.40. The van der Waals surface area contributed by atoms with Crippen molar-refractivity contribution in [1.29, 1.82) is 0 Å². The molecule has 0 spiro atoms. The van der Waals surface area contributed by atoms with Gasteiger partial charge in [0.2, 0.25) is 0 Å². The van der Waals surface area contributed by atoms with Gasteiger partial charge in [-0.25, -0.2) is 9.78 Å². The minimum Gasteiger partial charge on any atom is -0.465 e. The summed E-state index contributed by atoms with van der Waals surface area (Å²) in [4.78, 5) is 18.5. The first kappa shape index (κ1) is 9.60. The Kier molecular flexibility index (Phi) is 2.59. The summed E-state index contributed by atoms with van der Waals surface area (Å²) >= 11 is 1.23. The topological polar surface area (TPSA) is 75.1 Å². The molecule has 0 saturated heterocycles. The molecule has 0 saturated carbocycles. The number of aromatic nitrogens is 2. The molecule has 0 unspecified atom stereocenters. The Hall–Kier alpha value is -1.95. The Labute approximate surface area is 89.4 Å². The highest BCUT2D eigenvalue weighted by molar-refractivity contribution is 7.14. The fourth-order valence-electron chi connectivity index (χ4n) is 1.05. The van der Waals surface area contributed by atoms with Gasteiger partial charge in [-0.1, -0.05) is 6.07 Å². The summed E-state index contributed by atoms with van der Waals surface area (Å²) in [7, 11) is 0. The van der Waals surface area contributed by atoms with Crippen molar-refractivity contribution < 1.29 is 9.90 Å². The van der Waals surface area contributed by atoms with Gasteiger partial charge in [-0.2, -0.15) is 0 Å². The summed E-state index contributed by atoms with van der Waals surface area (Å²) in [5.41, 5.74) is 1.40. The molecule has 2 aromatic rings. The predicted octanol–water partition coefficient (Wildman–Crippen LogP) is 2.29. The molecule has 2 heterocycles. The van der Waals surface area contributed by atoms with Crippen LogP contribution in [0.3, 0.4) is 0 Å². The molecule has 15 heavy (non-hydrogen) atoms. The number of hydrogen-bond acceptors (Lipinski definition) is 4. The Bertz CT molecular complexity index is 469. The van der Waals surface area contributed by atoms with Crippen LogP contribution >= 0.6 is 11.3 Å². The first-order valence-corrected chi connectivity index (χ1v) is 5.00. The van der Waals surface area contributed by atoms with Gasteiger partial charge in [-0.3, -0.25) is 10.3 Å². The lowest BCUT2D eigenvalue weighted by Gasteiger charge is -1.93. The first-order valence-electron chi connectivity index (χ1n) is 4.12. The molecule has 6 heteroatoms. The molecule has 0 radical (unpaired) electrons. The van der Waals surface area contributed by atoms with E-state index in [2.05, 4.69) is 15.3 Å². The smallest absolute Gasteiger partial charge is 0.410 e. The Morgan fingerprint density at radius 3 is 2.93 bits per heavy atom. The van der Waals surface area contributed by atoms with Crippen LogP contribution in [0.1, 0.15) is 0 Å². The molecule has 0 fully saturated rings. The van der Waals surface area contributed by atoms with Crippen LogP contribution in [0.5, 0.6) is 0 Å². The number of nitrogens with zero attached hydrogens (tertiary/aromatic N) is 2. The van der Waals surface area contributed by atoms with E-state index in [1.807, 2.05) is 18.2 Å². The van der Waals surface area contributed by atoms with Crippen LogP contribution in [0.15, 0.2) is 29.8 Å². The molecule has 0 aromatic carbocycles. The lowest BCUT2D eigenvalue weighted by Crippen LogP contribution is -2.06. The van der Waals surface area contributed by atoms with Crippen molar-refractivity contribution in [2.24, 2.45) is 0 Å². The molecule has 2 aromatic heterocycles. The number of rotatable bonds is 2. The van der Waals surface area contributed by atoms with E-state index in [4.69, 9.17) is 5.11 Å². The number of pyridine rings is 1. The van der Waals surface area contributed by atoms with Crippen LogP contribution in [0.2, 0.25) is 0 Å². The van der Waals surface area contributed by atoms with Crippen molar-refractivity contribution >= 4 is 22.6 Å². The minimum atomic E-state index is -1.11. The monoisotopic (exact) mass is 221 g/mol. The number of thiazole rings is 1. The van der Waals surface area contributed by atoms with Crippen molar-refractivity contribution in [2.75, 3.05) is 5.32 Å². The molecule has 1 amide bonds. The first-order chi connectivity index (χ1) is 7.25. The molecule has 0 aliphatic heterocycles. The number of anilines is 1. The van der Waals surface area contributed by atoms with E-state index in [1.54, 1.807) is 11.6 Å². The molecule has 5 nitrogen and oxygen atoms in total. The van der Waals surface area contributed by atoms with Gasteiger partial charge < -0.3 is 5.11 Å². The van der Waals surface area contributed by atoms with Gasteiger partial charge in [0.05, 0.1) is 5.69 Å². The van der Waals surface area contributed by atoms with E-state index >= 15 is 0 Å². The van der Waals surface area contributed by atoms with Crippen LogP contribution in [-0.2, 0) is 0 Å². The van der Waals surface area contributed by atoms with Gasteiger partial charge in [0, 0.05) is 11.6 Å². The highest BCUT2D eigenvalue weighted by Gasteiger charge is 2.06. The summed E-state index contributed by atoms with van der Waals surface area (Å²) in [5.74, 6) is 0. The van der Waals surface area contributed by atoms with E-state index in [9.17, 15) is 4.79 Å². The molecule has 0 bridgehead atoms. The van der Waals surface area contributed by atoms with Gasteiger partial charge in [0.1, 0.15) is 5.69 Å². The van der Waals surface area contributed by atoms with E-state index in [0.29, 0.717) is 10.8 Å². The highest BCUT2D eigenvalue weighted by Crippen LogP contribution is 2.22. The lowest BCUT2D eigenvalue weighted by atomic mass is 10.3. The van der Waals surface area contributed by atoms with Crippen molar-refractivity contribution in [3.63, 3.8) is 0 Å². The predicted molar refractivity (Wildman–Crippen MR) is 57.0 cm³/mol. The standard InChI is InChI=1S/C9H7N3O2S/c13-9(14)12-8-11-7(5-15-8)6-3-1-2-4-10-6/h1-5H,(H,11,12)(H,13,14). The molecule has 2 N–H and O–H groups in total. The van der Waals surface area contributed by atoms with E-state index in [-0.39, 0.29) is 0 Å². The molecular weight excluding hydrogens is 214 g/mol. The average molecular weight is 221 g/mol. The van der Waals surface area contributed by atoms with Crippen LogP contribution in [0.4, 0.5) is 9.93 Å². The minimum absolute atomic E-state index is 0.350.